The Labute approximate surface area is 215 Å². The smallest absolute Gasteiger partial charge is 0.157 e. The van der Waals surface area contributed by atoms with E-state index in [9.17, 15) is 4.79 Å². The quantitative estimate of drug-likeness (QED) is 0.440. The highest BCUT2D eigenvalue weighted by molar-refractivity contribution is 6.31. The lowest BCUT2D eigenvalue weighted by Crippen LogP contribution is -2.56. The topological polar surface area (TPSA) is 44.1 Å². The zero-order valence-electron chi connectivity index (χ0n) is 21.6. The molecule has 190 valence electrons. The van der Waals surface area contributed by atoms with Crippen molar-refractivity contribution in [3.05, 3.63) is 29.4 Å². The Kier molecular flexibility index (Phi) is 6.08. The number of benzene rings is 1. The molecule has 8 atom stereocenters. The number of carbonyl (C=O) groups is 1. The molecule has 4 nitrogen and oxygen atoms in total. The van der Waals surface area contributed by atoms with Gasteiger partial charge < -0.3 is 4.74 Å². The molecule has 4 fully saturated rings. The Hall–Kier alpha value is -1.39. The fourth-order valence-electron chi connectivity index (χ4n) is 9.77. The van der Waals surface area contributed by atoms with Gasteiger partial charge in [0.15, 0.2) is 5.78 Å². The number of aromatic nitrogens is 2. The molecular weight excluding hydrogens is 456 g/mol. The van der Waals surface area contributed by atoms with Crippen LogP contribution in [0.1, 0.15) is 71.6 Å². The summed E-state index contributed by atoms with van der Waals surface area (Å²) in [6, 6.07) is 5.80. The molecule has 35 heavy (non-hydrogen) atoms. The number of ketones is 1. The molecule has 1 aromatic heterocycles. The molecule has 0 spiro atoms. The second-order valence-electron chi connectivity index (χ2n) is 12.8. The van der Waals surface area contributed by atoms with E-state index in [-0.39, 0.29) is 11.3 Å². The first kappa shape index (κ1) is 24.0. The van der Waals surface area contributed by atoms with Crippen molar-refractivity contribution in [1.82, 2.24) is 9.78 Å². The van der Waals surface area contributed by atoms with E-state index >= 15 is 0 Å². The Morgan fingerprint density at radius 1 is 1.14 bits per heavy atom. The molecule has 4 saturated carbocycles. The Morgan fingerprint density at radius 2 is 2.00 bits per heavy atom. The van der Waals surface area contributed by atoms with Gasteiger partial charge in [0.2, 0.25) is 0 Å². The average Bonchev–Trinajstić information content (AvgIpc) is 3.39. The van der Waals surface area contributed by atoms with Crippen LogP contribution in [0.2, 0.25) is 5.02 Å². The summed E-state index contributed by atoms with van der Waals surface area (Å²) in [6.45, 7) is 6.20. The van der Waals surface area contributed by atoms with E-state index in [1.54, 1.807) is 0 Å². The van der Waals surface area contributed by atoms with Gasteiger partial charge in [-0.05, 0) is 110 Å². The highest BCUT2D eigenvalue weighted by Crippen LogP contribution is 2.68. The Bertz CT molecular complexity index is 1110. The van der Waals surface area contributed by atoms with E-state index in [4.69, 9.17) is 16.3 Å². The third-order valence-corrected chi connectivity index (χ3v) is 11.6. The van der Waals surface area contributed by atoms with Gasteiger partial charge >= 0.3 is 0 Å². The van der Waals surface area contributed by atoms with Gasteiger partial charge in [-0.15, -0.1) is 0 Å². The van der Waals surface area contributed by atoms with Crippen LogP contribution in [-0.4, -0.2) is 29.3 Å². The van der Waals surface area contributed by atoms with Crippen LogP contribution in [0.3, 0.4) is 0 Å². The first-order chi connectivity index (χ1) is 16.9. The standard InChI is InChI=1S/C30H41ClN2O2/c1-19-10-13-30(18-35-3)21(14-19)5-7-23-24-8-9-26(29(24,2)12-11-25(23)30)28(34)17-33-27-15-22(31)6-4-20(27)16-32-33/h4,6,15-16,19,21,23-26H,5,7-14,17-18H2,1-3H3/t19-,21?,23?,24?,25?,26?,29?,30?/m0/s1. The number of ether oxygens (including phenoxy) is 1. The molecule has 5 heteroatoms. The summed E-state index contributed by atoms with van der Waals surface area (Å²) in [5.74, 6) is 4.41. The van der Waals surface area contributed by atoms with Crippen molar-refractivity contribution in [1.29, 1.82) is 0 Å². The number of methoxy groups -OCH3 is 1. The summed E-state index contributed by atoms with van der Waals surface area (Å²) in [6.07, 6.45) is 13.4. The van der Waals surface area contributed by atoms with Crippen LogP contribution < -0.4 is 0 Å². The van der Waals surface area contributed by atoms with Crippen LogP contribution in [0.25, 0.3) is 10.9 Å². The largest absolute Gasteiger partial charge is 0.384 e. The van der Waals surface area contributed by atoms with Crippen LogP contribution in [0, 0.1) is 46.3 Å². The second kappa shape index (κ2) is 8.87. The molecule has 4 aliphatic rings. The van der Waals surface area contributed by atoms with Gasteiger partial charge in [-0.3, -0.25) is 9.48 Å². The molecular formula is C30H41ClN2O2. The van der Waals surface area contributed by atoms with E-state index in [0.29, 0.717) is 28.7 Å². The molecule has 0 amide bonds. The normalized spacial score (nSPS) is 40.8. The van der Waals surface area contributed by atoms with Gasteiger partial charge in [0.1, 0.15) is 6.54 Å². The van der Waals surface area contributed by atoms with Crippen LogP contribution in [0.4, 0.5) is 0 Å². The summed E-state index contributed by atoms with van der Waals surface area (Å²) in [5, 5.41) is 6.28. The van der Waals surface area contributed by atoms with Crippen molar-refractivity contribution in [3.63, 3.8) is 0 Å². The van der Waals surface area contributed by atoms with Crippen LogP contribution in [0.5, 0.6) is 0 Å². The van der Waals surface area contributed by atoms with Crippen LogP contribution in [-0.2, 0) is 16.1 Å². The van der Waals surface area contributed by atoms with Crippen molar-refractivity contribution in [3.8, 4) is 0 Å². The number of carbonyl (C=O) groups excluding carboxylic acids is 1. The van der Waals surface area contributed by atoms with Gasteiger partial charge in [0.25, 0.3) is 0 Å². The van der Waals surface area contributed by atoms with E-state index < -0.39 is 0 Å². The number of halogens is 1. The number of hydrogen-bond donors (Lipinski definition) is 0. The lowest BCUT2D eigenvalue weighted by atomic mass is 9.44. The molecule has 4 aliphatic carbocycles. The van der Waals surface area contributed by atoms with Gasteiger partial charge in [-0.2, -0.15) is 5.10 Å². The number of rotatable bonds is 5. The molecule has 0 bridgehead atoms. The van der Waals surface area contributed by atoms with Gasteiger partial charge in [-0.25, -0.2) is 0 Å². The van der Waals surface area contributed by atoms with Crippen LogP contribution >= 0.6 is 11.6 Å². The maximum absolute atomic E-state index is 13.8. The molecule has 6 rings (SSSR count). The first-order valence-electron chi connectivity index (χ1n) is 14.0. The van der Waals surface area contributed by atoms with Gasteiger partial charge in [-0.1, -0.05) is 31.9 Å². The predicted octanol–water partition coefficient (Wildman–Crippen LogP) is 7.18. The number of Topliss-reactive ketones (excluding diaryl/α,β-unsaturated/α-hetero) is 1. The summed E-state index contributed by atoms with van der Waals surface area (Å²) < 4.78 is 7.82. The van der Waals surface area contributed by atoms with Crippen molar-refractivity contribution < 1.29 is 9.53 Å². The van der Waals surface area contributed by atoms with Crippen molar-refractivity contribution in [2.75, 3.05) is 13.7 Å². The highest BCUT2D eigenvalue weighted by atomic mass is 35.5. The van der Waals surface area contributed by atoms with Crippen molar-refractivity contribution >= 4 is 28.3 Å². The summed E-state index contributed by atoms with van der Waals surface area (Å²) in [4.78, 5) is 13.8. The lowest BCUT2D eigenvalue weighted by Gasteiger charge is -2.61. The molecule has 1 aromatic carbocycles. The van der Waals surface area contributed by atoms with Gasteiger partial charge in [0.05, 0.1) is 18.3 Å². The minimum Gasteiger partial charge on any atom is -0.384 e. The zero-order valence-corrected chi connectivity index (χ0v) is 22.4. The zero-order chi connectivity index (χ0) is 24.4. The fourth-order valence-corrected chi connectivity index (χ4v) is 9.94. The maximum atomic E-state index is 13.8. The summed E-state index contributed by atoms with van der Waals surface area (Å²) in [7, 11) is 1.91. The number of nitrogens with zero attached hydrogens (tertiary/aromatic N) is 2. The molecule has 0 N–H and O–H groups in total. The molecule has 2 aromatic rings. The average molecular weight is 497 g/mol. The monoisotopic (exact) mass is 496 g/mol. The number of fused-ring (bicyclic) bond motifs is 6. The predicted molar refractivity (Wildman–Crippen MR) is 140 cm³/mol. The highest BCUT2D eigenvalue weighted by Gasteiger charge is 2.62. The van der Waals surface area contributed by atoms with Gasteiger partial charge in [0, 0.05) is 23.4 Å². The second-order valence-corrected chi connectivity index (χ2v) is 13.3. The SMILES string of the molecule is COCC12CC[C@H](C)CC1CCC1C3CCC(C(=O)Cn4ncc5ccc(Cl)cc54)C3(C)CCC12. The minimum absolute atomic E-state index is 0.127. The van der Waals surface area contributed by atoms with E-state index in [2.05, 4.69) is 18.9 Å². The summed E-state index contributed by atoms with van der Waals surface area (Å²) >= 11 is 6.24. The third kappa shape index (κ3) is 3.72. The molecule has 0 radical (unpaired) electrons. The fraction of sp³-hybridized carbons (Fsp3) is 0.733. The Morgan fingerprint density at radius 3 is 2.83 bits per heavy atom. The molecule has 0 aliphatic heterocycles. The van der Waals surface area contributed by atoms with E-state index in [1.807, 2.05) is 36.2 Å². The minimum atomic E-state index is 0.127. The maximum Gasteiger partial charge on any atom is 0.157 e. The third-order valence-electron chi connectivity index (χ3n) is 11.3. The first-order valence-corrected chi connectivity index (χ1v) is 14.4. The van der Waals surface area contributed by atoms with Crippen LogP contribution in [0.15, 0.2) is 24.4 Å². The van der Waals surface area contributed by atoms with E-state index in [0.717, 1.165) is 47.6 Å². The Balaban J connectivity index is 1.24. The lowest BCUT2D eigenvalue weighted by molar-refractivity contribution is -0.154. The summed E-state index contributed by atoms with van der Waals surface area (Å²) in [5.41, 5.74) is 1.46. The van der Waals surface area contributed by atoms with Crippen molar-refractivity contribution in [2.24, 2.45) is 46.3 Å². The molecule has 7 unspecified atom stereocenters. The van der Waals surface area contributed by atoms with Crippen molar-refractivity contribution in [2.45, 2.75) is 78.2 Å². The molecule has 0 saturated heterocycles. The van der Waals surface area contributed by atoms with E-state index in [1.165, 1.54) is 51.4 Å². The molecule has 1 heterocycles. The number of hydrogen-bond acceptors (Lipinski definition) is 3.